The van der Waals surface area contributed by atoms with Gasteiger partial charge in [-0.2, -0.15) is 0 Å². The van der Waals surface area contributed by atoms with Gasteiger partial charge in [-0.05, 0) is 69.4 Å². The Morgan fingerprint density at radius 3 is 2.51 bits per heavy atom. The number of piperidine rings is 1. The van der Waals surface area contributed by atoms with Crippen LogP contribution in [0.15, 0.2) is 48.5 Å². The van der Waals surface area contributed by atoms with E-state index in [2.05, 4.69) is 39.2 Å². The fraction of sp³-hybridized carbons (Fsp3) is 0.438. The molecule has 2 aliphatic rings. The molecule has 3 amide bonds. The summed E-state index contributed by atoms with van der Waals surface area (Å²) in [6.07, 6.45) is 2.56. The van der Waals surface area contributed by atoms with Gasteiger partial charge in [-0.15, -0.1) is 11.3 Å². The summed E-state index contributed by atoms with van der Waals surface area (Å²) >= 11 is 7.24. The second-order valence-corrected chi connectivity index (χ2v) is 13.0. The summed E-state index contributed by atoms with van der Waals surface area (Å²) < 4.78 is 0. The Bertz CT molecular complexity index is 1450. The zero-order valence-corrected chi connectivity index (χ0v) is 26.3. The van der Waals surface area contributed by atoms with Gasteiger partial charge in [-0.25, -0.2) is 14.6 Å². The topological polar surface area (TPSA) is 106 Å². The highest BCUT2D eigenvalue weighted by Gasteiger charge is 2.43. The number of nitrogens with one attached hydrogen (secondary N) is 1. The molecule has 1 aromatic carbocycles. The van der Waals surface area contributed by atoms with Crippen molar-refractivity contribution in [3.8, 4) is 0 Å². The molecule has 2 saturated heterocycles. The lowest BCUT2D eigenvalue weighted by Gasteiger charge is -2.41. The van der Waals surface area contributed by atoms with Crippen LogP contribution >= 0.6 is 22.9 Å². The number of benzene rings is 1. The van der Waals surface area contributed by atoms with Crippen LogP contribution in [0, 0.1) is 13.8 Å². The molecule has 228 valence electrons. The fourth-order valence-corrected chi connectivity index (χ4v) is 7.47. The van der Waals surface area contributed by atoms with E-state index in [1.54, 1.807) is 25.1 Å². The first-order valence-corrected chi connectivity index (χ1v) is 15.9. The highest BCUT2D eigenvalue weighted by molar-refractivity contribution is 7.13. The quantitative estimate of drug-likeness (QED) is 0.278. The van der Waals surface area contributed by atoms with Gasteiger partial charge in [-0.1, -0.05) is 41.9 Å². The Hall–Kier alpha value is -3.47. The molecule has 0 radical (unpaired) electrons. The van der Waals surface area contributed by atoms with E-state index in [0.29, 0.717) is 36.0 Å². The number of carboxylic acid groups (broad SMARTS) is 1. The smallest absolute Gasteiger partial charge is 0.345 e. The number of aryl methyl sites for hydroxylation is 2. The van der Waals surface area contributed by atoms with Crippen LogP contribution in [-0.4, -0.2) is 81.0 Å². The molecular formula is C32H38ClN5O4S. The van der Waals surface area contributed by atoms with Gasteiger partial charge >= 0.3 is 12.0 Å². The largest absolute Gasteiger partial charge is 0.477 e. The van der Waals surface area contributed by atoms with E-state index in [1.165, 1.54) is 11.3 Å². The first-order valence-electron chi connectivity index (χ1n) is 14.7. The summed E-state index contributed by atoms with van der Waals surface area (Å²) in [6, 6.07) is 15.6. The molecule has 2 unspecified atom stereocenters. The van der Waals surface area contributed by atoms with E-state index in [-0.39, 0.29) is 34.9 Å². The van der Waals surface area contributed by atoms with Crippen molar-refractivity contribution in [3.63, 3.8) is 0 Å². The highest BCUT2D eigenvalue weighted by Crippen LogP contribution is 2.36. The van der Waals surface area contributed by atoms with Crippen LogP contribution in [0.25, 0.3) is 0 Å². The average molecular weight is 624 g/mol. The molecular weight excluding hydrogens is 586 g/mol. The molecule has 2 N–H and O–H groups in total. The van der Waals surface area contributed by atoms with Gasteiger partial charge in [0.1, 0.15) is 10.0 Å². The standard InChI is InChI=1S/C32H38ClN5O4S/c1-20-17-28(33)35-22(3)29(20)30(39)34-14-11-21(2)36-15-12-24(13-16-36)38-26(23-7-5-4-6-8-23)19-37(32(38)42)18-25-9-10-27(43-25)31(40)41/h4-10,17,21,24,26H,11-16,18-19H2,1-3H3,(H,34,39)(H,40,41). The van der Waals surface area contributed by atoms with Gasteiger partial charge < -0.3 is 25.1 Å². The first kappa shape index (κ1) is 31.0. The minimum Gasteiger partial charge on any atom is -0.477 e. The summed E-state index contributed by atoms with van der Waals surface area (Å²) in [6.45, 7) is 9.13. The lowest BCUT2D eigenvalue weighted by atomic mass is 9.98. The number of urea groups is 1. The van der Waals surface area contributed by atoms with Gasteiger partial charge in [0.15, 0.2) is 0 Å². The van der Waals surface area contributed by atoms with Gasteiger partial charge in [0, 0.05) is 43.1 Å². The maximum Gasteiger partial charge on any atom is 0.345 e. The van der Waals surface area contributed by atoms with E-state index >= 15 is 0 Å². The fourth-order valence-electron chi connectivity index (χ4n) is 6.32. The normalized spacial score (nSPS) is 18.7. The zero-order chi connectivity index (χ0) is 30.7. The Balaban J connectivity index is 1.18. The lowest BCUT2D eigenvalue weighted by Crippen LogP contribution is -2.49. The van der Waals surface area contributed by atoms with Crippen LogP contribution in [0.5, 0.6) is 0 Å². The molecule has 9 nitrogen and oxygen atoms in total. The average Bonchev–Trinajstić information content (AvgIpc) is 3.58. The van der Waals surface area contributed by atoms with Crippen LogP contribution in [-0.2, 0) is 6.54 Å². The number of hydrogen-bond acceptors (Lipinski definition) is 6. The number of halogens is 1. The second-order valence-electron chi connectivity index (χ2n) is 11.5. The van der Waals surface area contributed by atoms with Crippen LogP contribution in [0.3, 0.4) is 0 Å². The summed E-state index contributed by atoms with van der Waals surface area (Å²) in [5.41, 5.74) is 3.14. The molecule has 0 spiro atoms. The van der Waals surface area contributed by atoms with Crippen molar-refractivity contribution in [1.82, 2.24) is 25.0 Å². The van der Waals surface area contributed by atoms with Crippen molar-refractivity contribution >= 4 is 40.8 Å². The summed E-state index contributed by atoms with van der Waals surface area (Å²) in [5.74, 6) is -1.07. The van der Waals surface area contributed by atoms with Crippen LogP contribution in [0.2, 0.25) is 5.15 Å². The lowest BCUT2D eigenvalue weighted by molar-refractivity contribution is 0.0701. The number of nitrogens with zero attached hydrogens (tertiary/aromatic N) is 4. The SMILES string of the molecule is Cc1cc(Cl)nc(C)c1C(=O)NCCC(C)N1CCC(N2C(=O)N(Cc3ccc(C(=O)O)s3)CC2c2ccccc2)CC1. The number of aromatic nitrogens is 1. The molecule has 2 aliphatic heterocycles. The zero-order valence-electron chi connectivity index (χ0n) is 24.8. The predicted molar refractivity (Wildman–Crippen MR) is 168 cm³/mol. The number of amides is 3. The van der Waals surface area contributed by atoms with Crippen molar-refractivity contribution in [2.75, 3.05) is 26.2 Å². The Labute approximate surface area is 261 Å². The van der Waals surface area contributed by atoms with Gasteiger partial charge in [0.05, 0.1) is 23.8 Å². The molecule has 2 aromatic heterocycles. The minimum absolute atomic E-state index is 0.00983. The maximum absolute atomic E-state index is 13.8. The third-order valence-corrected chi connectivity index (χ3v) is 9.83. The molecule has 2 fully saturated rings. The van der Waals surface area contributed by atoms with Crippen LogP contribution in [0.1, 0.15) is 74.0 Å². The predicted octanol–water partition coefficient (Wildman–Crippen LogP) is 5.76. The van der Waals surface area contributed by atoms with Crippen molar-refractivity contribution < 1.29 is 19.5 Å². The number of rotatable bonds is 10. The van der Waals surface area contributed by atoms with E-state index in [9.17, 15) is 19.5 Å². The van der Waals surface area contributed by atoms with Crippen molar-refractivity contribution in [1.29, 1.82) is 0 Å². The number of likely N-dealkylation sites (tertiary alicyclic amines) is 1. The first-order chi connectivity index (χ1) is 20.6. The molecule has 2 atom stereocenters. The Morgan fingerprint density at radius 1 is 1.14 bits per heavy atom. The molecule has 5 rings (SSSR count). The van der Waals surface area contributed by atoms with Crippen molar-refractivity contribution in [2.24, 2.45) is 0 Å². The van der Waals surface area contributed by atoms with Crippen LogP contribution < -0.4 is 5.32 Å². The summed E-state index contributed by atoms with van der Waals surface area (Å²) in [5, 5.41) is 12.7. The van der Waals surface area contributed by atoms with Gasteiger partial charge in [-0.3, -0.25) is 4.79 Å². The molecule has 11 heteroatoms. The van der Waals surface area contributed by atoms with E-state index in [1.807, 2.05) is 30.0 Å². The van der Waals surface area contributed by atoms with E-state index in [4.69, 9.17) is 11.6 Å². The molecule has 3 aromatic rings. The molecule has 0 saturated carbocycles. The van der Waals surface area contributed by atoms with E-state index < -0.39 is 5.97 Å². The molecule has 0 aliphatic carbocycles. The number of hydrogen-bond donors (Lipinski definition) is 2. The maximum atomic E-state index is 13.8. The number of carboxylic acids is 1. The summed E-state index contributed by atoms with van der Waals surface area (Å²) in [4.78, 5) is 49.7. The number of pyridine rings is 1. The van der Waals surface area contributed by atoms with Crippen LogP contribution in [0.4, 0.5) is 4.79 Å². The number of aromatic carboxylic acids is 1. The third kappa shape index (κ3) is 7.03. The minimum atomic E-state index is -0.944. The number of carbonyl (C=O) groups is 3. The second kappa shape index (κ2) is 13.4. The Kier molecular flexibility index (Phi) is 9.68. The number of thiophene rings is 1. The highest BCUT2D eigenvalue weighted by atomic mass is 35.5. The van der Waals surface area contributed by atoms with E-state index in [0.717, 1.165) is 48.4 Å². The Morgan fingerprint density at radius 2 is 1.86 bits per heavy atom. The molecule has 4 heterocycles. The van der Waals surface area contributed by atoms with Crippen molar-refractivity contribution in [3.05, 3.63) is 85.8 Å². The third-order valence-electron chi connectivity index (χ3n) is 8.58. The number of carbonyl (C=O) groups excluding carboxylic acids is 2. The van der Waals surface area contributed by atoms with Gasteiger partial charge in [0.2, 0.25) is 0 Å². The molecule has 0 bridgehead atoms. The van der Waals surface area contributed by atoms with Crippen molar-refractivity contribution in [2.45, 2.75) is 64.7 Å². The summed E-state index contributed by atoms with van der Waals surface area (Å²) in [7, 11) is 0. The monoisotopic (exact) mass is 623 g/mol. The van der Waals surface area contributed by atoms with Gasteiger partial charge in [0.25, 0.3) is 5.91 Å². The molecule has 43 heavy (non-hydrogen) atoms.